The SMILES string of the molecule is COCCN(C)c1cc(C2=[N][Sn][c]3ccc(C(C)O)cc32)ccn1. The number of hydrogen-bond acceptors (Lipinski definition) is 5. The first kappa shape index (κ1) is 17.4. The number of nitrogens with zero attached hydrogens (tertiary/aromatic N) is 3. The normalized spacial score (nSPS) is 14.2. The molecule has 0 bridgehead atoms. The molecule has 1 unspecified atom stereocenters. The van der Waals surface area contributed by atoms with Crippen LogP contribution in [-0.2, 0) is 4.74 Å². The Kier molecular flexibility index (Phi) is 5.53. The minimum absolute atomic E-state index is 0.462. The predicted molar refractivity (Wildman–Crippen MR) is 97.5 cm³/mol. The van der Waals surface area contributed by atoms with Crippen molar-refractivity contribution in [2.45, 2.75) is 13.0 Å². The van der Waals surface area contributed by atoms with Gasteiger partial charge in [0.05, 0.1) is 0 Å². The number of aliphatic hydroxyl groups excluding tert-OH is 1. The Bertz CT molecular complexity index is 762. The molecule has 1 aliphatic heterocycles. The Balaban J connectivity index is 1.91. The van der Waals surface area contributed by atoms with Crippen LogP contribution in [-0.4, -0.2) is 64.5 Å². The number of likely N-dealkylation sites (N-methyl/N-ethyl adjacent to an activating group) is 1. The van der Waals surface area contributed by atoms with Crippen molar-refractivity contribution in [3.63, 3.8) is 0 Å². The molecule has 1 aromatic heterocycles. The van der Waals surface area contributed by atoms with Gasteiger partial charge in [-0.05, 0) is 0 Å². The number of aromatic nitrogens is 1. The summed E-state index contributed by atoms with van der Waals surface area (Å²) in [6.45, 7) is 3.25. The van der Waals surface area contributed by atoms with Crippen LogP contribution in [0.4, 0.5) is 5.82 Å². The molecule has 1 atom stereocenters. The fourth-order valence-corrected chi connectivity index (χ4v) is 5.34. The number of fused-ring (bicyclic) bond motifs is 1. The van der Waals surface area contributed by atoms with E-state index < -0.39 is 27.5 Å². The molecule has 2 radical (unpaired) electrons. The molecule has 0 saturated carbocycles. The number of benzene rings is 1. The van der Waals surface area contributed by atoms with E-state index in [0.29, 0.717) is 6.61 Å². The van der Waals surface area contributed by atoms with Gasteiger partial charge in [-0.2, -0.15) is 0 Å². The van der Waals surface area contributed by atoms with Gasteiger partial charge in [0.15, 0.2) is 0 Å². The number of hydrogen-bond donors (Lipinski definition) is 1. The second kappa shape index (κ2) is 7.63. The van der Waals surface area contributed by atoms with E-state index >= 15 is 0 Å². The third kappa shape index (κ3) is 3.63. The van der Waals surface area contributed by atoms with Crippen LogP contribution >= 0.6 is 0 Å². The molecule has 2 aromatic rings. The van der Waals surface area contributed by atoms with Crippen LogP contribution in [0.3, 0.4) is 0 Å². The van der Waals surface area contributed by atoms with Crippen LogP contribution < -0.4 is 8.48 Å². The third-order valence-corrected chi connectivity index (χ3v) is 7.00. The van der Waals surface area contributed by atoms with E-state index in [9.17, 15) is 5.11 Å². The molecular formula is C18H21N3O2Sn. The fraction of sp³-hybridized carbons (Fsp3) is 0.333. The van der Waals surface area contributed by atoms with Crippen molar-refractivity contribution in [1.29, 1.82) is 0 Å². The molecule has 1 aliphatic rings. The average Bonchev–Trinajstić information content (AvgIpc) is 3.02. The Labute approximate surface area is 153 Å². The number of methoxy groups -OCH3 is 1. The van der Waals surface area contributed by atoms with Gasteiger partial charge in [-0.25, -0.2) is 0 Å². The molecule has 124 valence electrons. The van der Waals surface area contributed by atoms with E-state index in [-0.39, 0.29) is 0 Å². The zero-order chi connectivity index (χ0) is 17.1. The van der Waals surface area contributed by atoms with Crippen molar-refractivity contribution in [3.8, 4) is 0 Å². The zero-order valence-electron chi connectivity index (χ0n) is 14.2. The molecule has 6 heteroatoms. The summed E-state index contributed by atoms with van der Waals surface area (Å²) in [4.78, 5) is 6.53. The van der Waals surface area contributed by atoms with Crippen molar-refractivity contribution in [2.75, 3.05) is 32.2 Å². The Morgan fingerprint density at radius 1 is 1.29 bits per heavy atom. The van der Waals surface area contributed by atoms with Crippen LogP contribution in [0.1, 0.15) is 29.7 Å². The summed E-state index contributed by atoms with van der Waals surface area (Å²) in [6.07, 6.45) is 1.37. The number of ether oxygens (including phenoxy) is 1. The first-order chi connectivity index (χ1) is 11.6. The summed E-state index contributed by atoms with van der Waals surface area (Å²) < 4.78 is 11.4. The molecule has 1 N–H and O–H groups in total. The molecule has 0 saturated heterocycles. The van der Waals surface area contributed by atoms with Gasteiger partial charge in [0.1, 0.15) is 0 Å². The van der Waals surface area contributed by atoms with Crippen molar-refractivity contribution in [3.05, 3.63) is 53.2 Å². The first-order valence-corrected chi connectivity index (χ1v) is 10.6. The second-order valence-corrected chi connectivity index (χ2v) is 8.68. The topological polar surface area (TPSA) is 58.0 Å². The molecule has 0 fully saturated rings. The van der Waals surface area contributed by atoms with Crippen LogP contribution in [0.2, 0.25) is 0 Å². The van der Waals surface area contributed by atoms with Crippen LogP contribution in [0.5, 0.6) is 0 Å². The average molecular weight is 430 g/mol. The number of anilines is 1. The molecule has 1 aromatic carbocycles. The molecular weight excluding hydrogens is 409 g/mol. The molecule has 5 nitrogen and oxygen atoms in total. The zero-order valence-corrected chi connectivity index (χ0v) is 17.0. The van der Waals surface area contributed by atoms with E-state index in [2.05, 4.69) is 28.1 Å². The van der Waals surface area contributed by atoms with Gasteiger partial charge in [0, 0.05) is 0 Å². The molecule has 0 aliphatic carbocycles. The molecule has 24 heavy (non-hydrogen) atoms. The maximum atomic E-state index is 9.86. The Morgan fingerprint density at radius 2 is 2.12 bits per heavy atom. The summed E-state index contributed by atoms with van der Waals surface area (Å²) in [5.41, 5.74) is 4.25. The maximum absolute atomic E-state index is 9.86. The van der Waals surface area contributed by atoms with Gasteiger partial charge in [-0.3, -0.25) is 0 Å². The van der Waals surface area contributed by atoms with E-state index in [0.717, 1.165) is 29.2 Å². The summed E-state index contributed by atoms with van der Waals surface area (Å²) in [6, 6.07) is 10.3. The Morgan fingerprint density at radius 3 is 2.88 bits per heavy atom. The molecule has 0 spiro atoms. The van der Waals surface area contributed by atoms with Crippen LogP contribution in [0, 0.1) is 0 Å². The van der Waals surface area contributed by atoms with E-state index in [1.807, 2.05) is 25.4 Å². The first-order valence-electron chi connectivity index (χ1n) is 7.92. The van der Waals surface area contributed by atoms with Gasteiger partial charge < -0.3 is 0 Å². The van der Waals surface area contributed by atoms with E-state index in [1.54, 1.807) is 14.0 Å². The van der Waals surface area contributed by atoms with E-state index in [1.165, 1.54) is 9.14 Å². The van der Waals surface area contributed by atoms with Crippen LogP contribution in [0.25, 0.3) is 0 Å². The van der Waals surface area contributed by atoms with Crippen LogP contribution in [0.15, 0.2) is 39.7 Å². The van der Waals surface area contributed by atoms with Gasteiger partial charge in [-0.1, -0.05) is 0 Å². The number of pyridine rings is 1. The molecule has 2 heterocycles. The second-order valence-electron chi connectivity index (χ2n) is 5.87. The fourth-order valence-electron chi connectivity index (χ4n) is 2.63. The summed E-state index contributed by atoms with van der Waals surface area (Å²) in [5, 5.41) is 9.86. The monoisotopic (exact) mass is 431 g/mol. The Hall–Kier alpha value is -1.44. The summed E-state index contributed by atoms with van der Waals surface area (Å²) in [5.74, 6) is 0.915. The van der Waals surface area contributed by atoms with Crippen molar-refractivity contribution < 1.29 is 9.84 Å². The number of aliphatic hydroxyl groups is 1. The summed E-state index contributed by atoms with van der Waals surface area (Å²) in [7, 11) is 3.71. The number of rotatable bonds is 6. The third-order valence-electron chi connectivity index (χ3n) is 4.11. The predicted octanol–water partition coefficient (Wildman–Crippen LogP) is 1.31. The van der Waals surface area contributed by atoms with Crippen molar-refractivity contribution in [1.82, 2.24) is 4.98 Å². The standard InChI is InChI=1S/C18H21N3O2.Sn/c1-13(22)14-5-4-6-15(11-14)18(19)16-7-8-20-17(12-16)21(2)9-10-23-3;/h4-5,7-8,11-13,22H,9-10H2,1-3H3;/q-1;+1. The minimum atomic E-state index is -0.928. The molecule has 3 rings (SSSR count). The van der Waals surface area contributed by atoms with Gasteiger partial charge in [-0.15, -0.1) is 0 Å². The van der Waals surface area contributed by atoms with E-state index in [4.69, 9.17) is 7.95 Å². The molecule has 0 amide bonds. The van der Waals surface area contributed by atoms with Gasteiger partial charge >= 0.3 is 153 Å². The quantitative estimate of drug-likeness (QED) is 0.703. The van der Waals surface area contributed by atoms with Crippen molar-refractivity contribution >= 4 is 36.5 Å². The summed E-state index contributed by atoms with van der Waals surface area (Å²) >= 11 is -0.928. The van der Waals surface area contributed by atoms with Gasteiger partial charge in [0.2, 0.25) is 0 Å². The van der Waals surface area contributed by atoms with Gasteiger partial charge in [0.25, 0.3) is 0 Å². The van der Waals surface area contributed by atoms with Crippen molar-refractivity contribution in [2.24, 2.45) is 3.21 Å².